The summed E-state index contributed by atoms with van der Waals surface area (Å²) in [7, 11) is 0. The van der Waals surface area contributed by atoms with Crippen LogP contribution in [0.1, 0.15) is 19.8 Å². The molecule has 0 aliphatic carbocycles. The minimum absolute atomic E-state index is 0.00943. The Hall–Kier alpha value is -1.47. The van der Waals surface area contributed by atoms with Crippen molar-refractivity contribution in [3.63, 3.8) is 0 Å². The molecule has 0 aromatic carbocycles. The molecule has 2 aromatic heterocycles. The normalized spacial score (nSPS) is 12.5. The van der Waals surface area contributed by atoms with Gasteiger partial charge in [0.1, 0.15) is 0 Å². The zero-order valence-electron chi connectivity index (χ0n) is 10.3. The Kier molecular flexibility index (Phi) is 4.49. The Morgan fingerprint density at radius 3 is 2.95 bits per heavy atom. The quantitative estimate of drug-likeness (QED) is 0.886. The topological polar surface area (TPSA) is 80.9 Å². The third-order valence-corrected chi connectivity index (χ3v) is 4.02. The fraction of sp³-hybridized carbons (Fsp3) is 0.455. The number of thiophene rings is 1. The lowest BCUT2D eigenvalue weighted by Gasteiger charge is -2.12. The maximum absolute atomic E-state index is 10.8. The van der Waals surface area contributed by atoms with E-state index in [1.165, 1.54) is 11.3 Å². The van der Waals surface area contributed by atoms with E-state index in [1.807, 2.05) is 13.0 Å². The molecule has 0 saturated heterocycles. The molecular formula is C11H13ClN4O2S. The molecule has 2 heterocycles. The molecule has 0 amide bonds. The molecule has 1 atom stereocenters. The fourth-order valence-electron chi connectivity index (χ4n) is 1.77. The summed E-state index contributed by atoms with van der Waals surface area (Å²) in [5.74, 6) is -0.170. The highest BCUT2D eigenvalue weighted by Crippen LogP contribution is 2.29. The molecule has 0 fully saturated rings. The van der Waals surface area contributed by atoms with E-state index in [0.717, 1.165) is 11.3 Å². The molecule has 0 spiro atoms. The van der Waals surface area contributed by atoms with Gasteiger partial charge in [-0.2, -0.15) is 0 Å². The van der Waals surface area contributed by atoms with E-state index in [-0.39, 0.29) is 12.3 Å². The maximum Gasteiger partial charge on any atom is 0.303 e. The number of hydrogen-bond acceptors (Lipinski definition) is 5. The van der Waals surface area contributed by atoms with Crippen LogP contribution in [-0.4, -0.2) is 31.3 Å². The molecule has 1 unspecified atom stereocenters. The van der Waals surface area contributed by atoms with Crippen LogP contribution in [0.2, 0.25) is 4.34 Å². The molecular weight excluding hydrogens is 288 g/mol. The first-order chi connectivity index (χ1) is 9.10. The first-order valence-corrected chi connectivity index (χ1v) is 7.03. The minimum atomic E-state index is -0.805. The average Bonchev–Trinajstić information content (AvgIpc) is 2.96. The van der Waals surface area contributed by atoms with E-state index < -0.39 is 5.97 Å². The number of carboxylic acids is 1. The van der Waals surface area contributed by atoms with Crippen LogP contribution in [0.25, 0.3) is 10.7 Å². The van der Waals surface area contributed by atoms with Gasteiger partial charge in [-0.1, -0.05) is 24.9 Å². The standard InChI is InChI=1S/C11H13ClN4O2S/c1-2-7(5-10(17)18)6-16-11(13-14-15-16)8-3-4-9(12)19-8/h3-4,7H,2,5-6H2,1H3,(H,17,18). The van der Waals surface area contributed by atoms with Crippen molar-refractivity contribution in [1.29, 1.82) is 0 Å². The summed E-state index contributed by atoms with van der Waals surface area (Å²) >= 11 is 7.29. The van der Waals surface area contributed by atoms with Crippen LogP contribution in [-0.2, 0) is 11.3 Å². The van der Waals surface area contributed by atoms with Crippen molar-refractivity contribution in [3.05, 3.63) is 16.5 Å². The number of rotatable bonds is 6. The lowest BCUT2D eigenvalue weighted by Crippen LogP contribution is -2.16. The van der Waals surface area contributed by atoms with E-state index in [1.54, 1.807) is 10.7 Å². The van der Waals surface area contributed by atoms with Gasteiger partial charge in [-0.3, -0.25) is 4.79 Å². The summed E-state index contributed by atoms with van der Waals surface area (Å²) in [5.41, 5.74) is 0. The van der Waals surface area contributed by atoms with Crippen LogP contribution in [0.15, 0.2) is 12.1 Å². The van der Waals surface area contributed by atoms with Gasteiger partial charge in [0.25, 0.3) is 0 Å². The molecule has 1 N–H and O–H groups in total. The molecule has 0 aliphatic rings. The van der Waals surface area contributed by atoms with Gasteiger partial charge in [0.05, 0.1) is 9.21 Å². The van der Waals surface area contributed by atoms with Gasteiger partial charge in [-0.15, -0.1) is 16.4 Å². The Bertz CT molecular complexity index is 569. The second-order valence-electron chi connectivity index (χ2n) is 4.16. The van der Waals surface area contributed by atoms with E-state index in [9.17, 15) is 4.79 Å². The third-order valence-electron chi connectivity index (χ3n) is 2.80. The summed E-state index contributed by atoms with van der Waals surface area (Å²) in [6.07, 6.45) is 0.873. The summed E-state index contributed by atoms with van der Waals surface area (Å²) in [6, 6.07) is 3.64. The van der Waals surface area contributed by atoms with Gasteiger partial charge in [0.2, 0.25) is 0 Å². The van der Waals surface area contributed by atoms with Gasteiger partial charge >= 0.3 is 5.97 Å². The Morgan fingerprint density at radius 1 is 1.58 bits per heavy atom. The van der Waals surface area contributed by atoms with Gasteiger partial charge in [0.15, 0.2) is 5.82 Å². The molecule has 0 aliphatic heterocycles. The number of halogens is 1. The molecule has 102 valence electrons. The number of hydrogen-bond donors (Lipinski definition) is 1. The van der Waals surface area contributed by atoms with Gasteiger partial charge in [0, 0.05) is 13.0 Å². The second kappa shape index (κ2) is 6.12. The fourth-order valence-corrected chi connectivity index (χ4v) is 2.80. The monoisotopic (exact) mass is 300 g/mol. The molecule has 2 rings (SSSR count). The molecule has 0 bridgehead atoms. The van der Waals surface area contributed by atoms with Crippen molar-refractivity contribution in [2.75, 3.05) is 0 Å². The predicted molar refractivity (Wildman–Crippen MR) is 72.2 cm³/mol. The Labute approximate surface area is 119 Å². The Morgan fingerprint density at radius 2 is 2.37 bits per heavy atom. The van der Waals surface area contributed by atoms with Crippen LogP contribution >= 0.6 is 22.9 Å². The lowest BCUT2D eigenvalue weighted by molar-refractivity contribution is -0.138. The van der Waals surface area contributed by atoms with Crippen LogP contribution in [0.3, 0.4) is 0 Å². The smallest absolute Gasteiger partial charge is 0.303 e. The summed E-state index contributed by atoms with van der Waals surface area (Å²) in [6.45, 7) is 2.44. The summed E-state index contributed by atoms with van der Waals surface area (Å²) in [4.78, 5) is 11.7. The number of tetrazole rings is 1. The van der Waals surface area contributed by atoms with E-state index in [0.29, 0.717) is 16.7 Å². The summed E-state index contributed by atoms with van der Waals surface area (Å²) in [5, 5.41) is 20.4. The van der Waals surface area contributed by atoms with Gasteiger partial charge in [-0.25, -0.2) is 4.68 Å². The first kappa shape index (κ1) is 14.0. The molecule has 0 saturated carbocycles. The number of carboxylic acid groups (broad SMARTS) is 1. The van der Waals surface area contributed by atoms with Crippen LogP contribution in [0, 0.1) is 5.92 Å². The average molecular weight is 301 g/mol. The largest absolute Gasteiger partial charge is 0.481 e. The highest BCUT2D eigenvalue weighted by atomic mass is 35.5. The lowest BCUT2D eigenvalue weighted by atomic mass is 10.0. The van der Waals surface area contributed by atoms with E-state index in [2.05, 4.69) is 15.5 Å². The first-order valence-electron chi connectivity index (χ1n) is 5.83. The van der Waals surface area contributed by atoms with Crippen molar-refractivity contribution in [2.24, 2.45) is 5.92 Å². The number of aromatic nitrogens is 4. The van der Waals surface area contributed by atoms with Crippen molar-refractivity contribution in [3.8, 4) is 10.7 Å². The third kappa shape index (κ3) is 3.51. The van der Waals surface area contributed by atoms with Crippen molar-refractivity contribution < 1.29 is 9.90 Å². The molecule has 6 nitrogen and oxygen atoms in total. The van der Waals surface area contributed by atoms with Crippen molar-refractivity contribution >= 4 is 28.9 Å². The minimum Gasteiger partial charge on any atom is -0.481 e. The SMILES string of the molecule is CCC(CC(=O)O)Cn1nnnc1-c1ccc(Cl)s1. The maximum atomic E-state index is 10.8. The van der Waals surface area contributed by atoms with Crippen molar-refractivity contribution in [2.45, 2.75) is 26.3 Å². The number of aliphatic carboxylic acids is 1. The van der Waals surface area contributed by atoms with E-state index >= 15 is 0 Å². The molecule has 19 heavy (non-hydrogen) atoms. The molecule has 8 heteroatoms. The molecule has 0 radical (unpaired) electrons. The van der Waals surface area contributed by atoms with Crippen LogP contribution < -0.4 is 0 Å². The van der Waals surface area contributed by atoms with Crippen LogP contribution in [0.4, 0.5) is 0 Å². The highest BCUT2D eigenvalue weighted by molar-refractivity contribution is 7.19. The second-order valence-corrected chi connectivity index (χ2v) is 5.88. The van der Waals surface area contributed by atoms with Crippen molar-refractivity contribution in [1.82, 2.24) is 20.2 Å². The predicted octanol–water partition coefficient (Wildman–Crippen LogP) is 2.56. The highest BCUT2D eigenvalue weighted by Gasteiger charge is 2.17. The zero-order valence-corrected chi connectivity index (χ0v) is 11.9. The zero-order chi connectivity index (χ0) is 13.8. The molecule has 2 aromatic rings. The van der Waals surface area contributed by atoms with E-state index in [4.69, 9.17) is 16.7 Å². The Balaban J connectivity index is 2.17. The number of carbonyl (C=O) groups is 1. The van der Waals surface area contributed by atoms with Gasteiger partial charge in [-0.05, 0) is 28.5 Å². The summed E-state index contributed by atoms with van der Waals surface area (Å²) < 4.78 is 2.31. The number of nitrogens with zero attached hydrogens (tertiary/aromatic N) is 4. The van der Waals surface area contributed by atoms with Crippen LogP contribution in [0.5, 0.6) is 0 Å². The van der Waals surface area contributed by atoms with Gasteiger partial charge < -0.3 is 5.11 Å².